The summed E-state index contributed by atoms with van der Waals surface area (Å²) in [6.07, 6.45) is 2.94. The van der Waals surface area contributed by atoms with E-state index in [0.29, 0.717) is 10.6 Å². The van der Waals surface area contributed by atoms with Gasteiger partial charge in [-0.05, 0) is 37.1 Å². The van der Waals surface area contributed by atoms with Crippen molar-refractivity contribution in [1.29, 1.82) is 0 Å². The highest BCUT2D eigenvalue weighted by molar-refractivity contribution is 7.15. The molecule has 0 aliphatic carbocycles. The number of anilines is 1. The fourth-order valence-electron chi connectivity index (χ4n) is 2.23. The second-order valence-corrected chi connectivity index (χ2v) is 5.74. The maximum atomic E-state index is 12.3. The van der Waals surface area contributed by atoms with E-state index >= 15 is 0 Å². The Bertz CT molecular complexity index is 875. The van der Waals surface area contributed by atoms with E-state index in [2.05, 4.69) is 10.3 Å². The van der Waals surface area contributed by atoms with Crippen molar-refractivity contribution in [3.8, 4) is 0 Å². The van der Waals surface area contributed by atoms with Gasteiger partial charge in [0.1, 0.15) is 5.56 Å². The Hall–Kier alpha value is -2.47. The molecular weight excluding hydrogens is 286 g/mol. The Morgan fingerprint density at radius 3 is 2.67 bits per heavy atom. The molecule has 1 amide bonds. The van der Waals surface area contributed by atoms with Crippen LogP contribution in [-0.4, -0.2) is 15.3 Å². The number of carbonyl (C=O) groups excluding carboxylic acids is 1. The number of carbonyl (C=O) groups is 1. The van der Waals surface area contributed by atoms with Gasteiger partial charge in [0, 0.05) is 23.5 Å². The minimum absolute atomic E-state index is 0.0325. The zero-order valence-corrected chi connectivity index (χ0v) is 12.4. The molecule has 106 valence electrons. The molecule has 2 heterocycles. The molecule has 0 saturated carbocycles. The van der Waals surface area contributed by atoms with Gasteiger partial charge in [-0.15, -0.1) is 11.3 Å². The lowest BCUT2D eigenvalue weighted by Crippen LogP contribution is -2.25. The first kappa shape index (κ1) is 13.5. The molecular formula is C15H13N3O2S. The largest absolute Gasteiger partial charge is 0.322 e. The van der Waals surface area contributed by atoms with Gasteiger partial charge in [-0.1, -0.05) is 6.07 Å². The van der Waals surface area contributed by atoms with E-state index in [4.69, 9.17) is 0 Å². The highest BCUT2D eigenvalue weighted by Gasteiger charge is 2.14. The summed E-state index contributed by atoms with van der Waals surface area (Å²) in [6, 6.07) is 5.74. The number of nitrogens with zero attached hydrogens (tertiary/aromatic N) is 2. The Kier molecular flexibility index (Phi) is 3.31. The number of amides is 1. The summed E-state index contributed by atoms with van der Waals surface area (Å²) in [5.74, 6) is -0.446. The Morgan fingerprint density at radius 1 is 1.24 bits per heavy atom. The van der Waals surface area contributed by atoms with E-state index in [-0.39, 0.29) is 11.1 Å². The molecule has 0 saturated heterocycles. The third kappa shape index (κ3) is 2.57. The summed E-state index contributed by atoms with van der Waals surface area (Å²) >= 11 is 1.35. The van der Waals surface area contributed by atoms with E-state index in [0.717, 1.165) is 11.1 Å². The van der Waals surface area contributed by atoms with E-state index in [1.165, 1.54) is 21.9 Å². The van der Waals surface area contributed by atoms with Crippen molar-refractivity contribution in [3.05, 3.63) is 63.0 Å². The van der Waals surface area contributed by atoms with E-state index < -0.39 is 5.91 Å². The third-order valence-electron chi connectivity index (χ3n) is 3.07. The highest BCUT2D eigenvalue weighted by atomic mass is 32.1. The van der Waals surface area contributed by atoms with Gasteiger partial charge in [-0.25, -0.2) is 4.98 Å². The lowest BCUT2D eigenvalue weighted by molar-refractivity contribution is 0.102. The van der Waals surface area contributed by atoms with Crippen molar-refractivity contribution >= 4 is 27.9 Å². The molecule has 0 fully saturated rings. The van der Waals surface area contributed by atoms with Crippen molar-refractivity contribution in [3.63, 3.8) is 0 Å². The fourth-order valence-corrected chi connectivity index (χ4v) is 2.90. The molecule has 5 nitrogen and oxygen atoms in total. The van der Waals surface area contributed by atoms with Crippen molar-refractivity contribution in [2.45, 2.75) is 13.8 Å². The van der Waals surface area contributed by atoms with Crippen molar-refractivity contribution in [2.75, 3.05) is 5.32 Å². The molecule has 3 rings (SSSR count). The molecule has 0 spiro atoms. The Balaban J connectivity index is 1.97. The average molecular weight is 299 g/mol. The van der Waals surface area contributed by atoms with E-state index in [1.807, 2.05) is 32.0 Å². The predicted molar refractivity (Wildman–Crippen MR) is 83.2 cm³/mol. The average Bonchev–Trinajstić information content (AvgIpc) is 2.86. The number of thiazole rings is 1. The summed E-state index contributed by atoms with van der Waals surface area (Å²) in [5.41, 5.74) is 2.45. The topological polar surface area (TPSA) is 63.5 Å². The zero-order valence-electron chi connectivity index (χ0n) is 11.6. The maximum absolute atomic E-state index is 12.3. The Morgan fingerprint density at radius 2 is 1.95 bits per heavy atom. The quantitative estimate of drug-likeness (QED) is 0.791. The number of hydrogen-bond acceptors (Lipinski definition) is 4. The van der Waals surface area contributed by atoms with Gasteiger partial charge >= 0.3 is 0 Å². The molecule has 0 atom stereocenters. The van der Waals surface area contributed by atoms with Crippen LogP contribution in [-0.2, 0) is 0 Å². The van der Waals surface area contributed by atoms with Gasteiger partial charge < -0.3 is 5.32 Å². The number of aromatic nitrogens is 2. The second-order valence-electron chi connectivity index (χ2n) is 4.86. The maximum Gasteiger partial charge on any atom is 0.271 e. The first-order valence-electron chi connectivity index (χ1n) is 6.39. The minimum Gasteiger partial charge on any atom is -0.322 e. The number of nitrogens with one attached hydrogen (secondary N) is 1. The summed E-state index contributed by atoms with van der Waals surface area (Å²) in [6.45, 7) is 3.91. The van der Waals surface area contributed by atoms with Crippen LogP contribution in [0.4, 0.5) is 5.69 Å². The monoisotopic (exact) mass is 299 g/mol. The van der Waals surface area contributed by atoms with Gasteiger partial charge in [0.25, 0.3) is 11.5 Å². The van der Waals surface area contributed by atoms with Crippen LogP contribution in [0.3, 0.4) is 0 Å². The molecule has 0 unspecified atom stereocenters. The minimum atomic E-state index is -0.446. The highest BCUT2D eigenvalue weighted by Crippen LogP contribution is 2.14. The van der Waals surface area contributed by atoms with Crippen LogP contribution in [0.1, 0.15) is 21.5 Å². The smallest absolute Gasteiger partial charge is 0.271 e. The van der Waals surface area contributed by atoms with Crippen LogP contribution in [0.2, 0.25) is 0 Å². The zero-order chi connectivity index (χ0) is 15.0. The van der Waals surface area contributed by atoms with Gasteiger partial charge in [-0.3, -0.25) is 14.0 Å². The SMILES string of the molecule is Cc1cc(C)cc(NC(=O)c2cnc3sccn3c2=O)c1. The lowest BCUT2D eigenvalue weighted by atomic mass is 10.1. The van der Waals surface area contributed by atoms with Crippen molar-refractivity contribution < 1.29 is 4.79 Å². The molecule has 3 aromatic rings. The number of benzene rings is 1. The van der Waals surface area contributed by atoms with Crippen molar-refractivity contribution in [1.82, 2.24) is 9.38 Å². The number of hydrogen-bond donors (Lipinski definition) is 1. The summed E-state index contributed by atoms with van der Waals surface area (Å²) in [4.78, 5) is 29.2. The molecule has 0 aliphatic heterocycles. The molecule has 1 N–H and O–H groups in total. The van der Waals surface area contributed by atoms with Gasteiger partial charge in [-0.2, -0.15) is 0 Å². The Labute approximate surface area is 124 Å². The van der Waals surface area contributed by atoms with Gasteiger partial charge in [0.15, 0.2) is 4.96 Å². The van der Waals surface area contributed by atoms with Crippen LogP contribution in [0, 0.1) is 13.8 Å². The van der Waals surface area contributed by atoms with Crippen LogP contribution < -0.4 is 10.9 Å². The molecule has 21 heavy (non-hydrogen) atoms. The fraction of sp³-hybridized carbons (Fsp3) is 0.133. The summed E-state index contributed by atoms with van der Waals surface area (Å²) in [5, 5.41) is 4.51. The molecule has 0 aliphatic rings. The van der Waals surface area contributed by atoms with E-state index in [9.17, 15) is 9.59 Å². The number of rotatable bonds is 2. The standard InChI is InChI=1S/C15H13N3O2S/c1-9-5-10(2)7-11(6-9)17-13(19)12-8-16-15-18(14(12)20)3-4-21-15/h3-8H,1-2H3,(H,17,19). The van der Waals surface area contributed by atoms with Crippen LogP contribution in [0.5, 0.6) is 0 Å². The summed E-state index contributed by atoms with van der Waals surface area (Å²) in [7, 11) is 0. The van der Waals surface area contributed by atoms with Crippen LogP contribution >= 0.6 is 11.3 Å². The molecule has 1 aromatic carbocycles. The molecule has 2 aromatic heterocycles. The summed E-state index contributed by atoms with van der Waals surface area (Å²) < 4.78 is 1.38. The second kappa shape index (κ2) is 5.14. The first-order chi connectivity index (χ1) is 10.0. The van der Waals surface area contributed by atoms with Crippen LogP contribution in [0.15, 0.2) is 40.8 Å². The normalized spacial score (nSPS) is 10.8. The van der Waals surface area contributed by atoms with Crippen molar-refractivity contribution in [2.24, 2.45) is 0 Å². The van der Waals surface area contributed by atoms with Gasteiger partial charge in [0.2, 0.25) is 0 Å². The van der Waals surface area contributed by atoms with Crippen LogP contribution in [0.25, 0.3) is 4.96 Å². The molecule has 0 radical (unpaired) electrons. The first-order valence-corrected chi connectivity index (χ1v) is 7.27. The predicted octanol–water partition coefficient (Wildman–Crippen LogP) is 2.63. The lowest BCUT2D eigenvalue weighted by Gasteiger charge is -2.07. The number of aryl methyl sites for hydroxylation is 2. The molecule has 6 heteroatoms. The molecule has 0 bridgehead atoms. The third-order valence-corrected chi connectivity index (χ3v) is 3.84. The number of fused-ring (bicyclic) bond motifs is 1. The van der Waals surface area contributed by atoms with E-state index in [1.54, 1.807) is 11.6 Å². The van der Waals surface area contributed by atoms with Gasteiger partial charge in [0.05, 0.1) is 0 Å².